The van der Waals surface area contributed by atoms with Crippen LogP contribution in [0.1, 0.15) is 49.0 Å². The van der Waals surface area contributed by atoms with Crippen LogP contribution in [-0.4, -0.2) is 17.1 Å². The van der Waals surface area contributed by atoms with E-state index in [1.165, 1.54) is 19.3 Å². The van der Waals surface area contributed by atoms with E-state index in [9.17, 15) is 4.79 Å². The van der Waals surface area contributed by atoms with Gasteiger partial charge in [0.05, 0.1) is 5.56 Å². The highest BCUT2D eigenvalue weighted by Gasteiger charge is 2.24. The molecular formula is C16H22BrNO2. The molecule has 0 radical (unpaired) electrons. The van der Waals surface area contributed by atoms with Crippen molar-refractivity contribution in [2.24, 2.45) is 11.8 Å². The number of benzene rings is 1. The zero-order chi connectivity index (χ0) is 14.7. The molecule has 0 aliphatic heterocycles. The Morgan fingerprint density at radius 1 is 1.35 bits per heavy atom. The first-order valence-corrected chi connectivity index (χ1v) is 8.01. The molecule has 110 valence electrons. The van der Waals surface area contributed by atoms with Crippen LogP contribution < -0.4 is 5.32 Å². The Bertz CT molecular complexity index is 489. The van der Waals surface area contributed by atoms with Crippen molar-refractivity contribution in [2.45, 2.75) is 45.7 Å². The number of hydrogen-bond donors (Lipinski definition) is 2. The molecule has 0 aromatic heterocycles. The Morgan fingerprint density at radius 3 is 2.70 bits per heavy atom. The van der Waals surface area contributed by atoms with E-state index in [-0.39, 0.29) is 0 Å². The van der Waals surface area contributed by atoms with Crippen LogP contribution >= 0.6 is 15.9 Å². The zero-order valence-electron chi connectivity index (χ0n) is 12.0. The number of hydrogen-bond acceptors (Lipinski definition) is 2. The van der Waals surface area contributed by atoms with Gasteiger partial charge < -0.3 is 10.4 Å². The van der Waals surface area contributed by atoms with E-state index in [4.69, 9.17) is 5.11 Å². The van der Waals surface area contributed by atoms with Gasteiger partial charge in [0.25, 0.3) is 0 Å². The largest absolute Gasteiger partial charge is 0.478 e. The quantitative estimate of drug-likeness (QED) is 0.869. The lowest BCUT2D eigenvalue weighted by Crippen LogP contribution is -2.35. The van der Waals surface area contributed by atoms with Crippen LogP contribution in [0.2, 0.25) is 0 Å². The number of halogens is 1. The second kappa shape index (κ2) is 6.72. The van der Waals surface area contributed by atoms with Gasteiger partial charge in [-0.2, -0.15) is 0 Å². The van der Waals surface area contributed by atoms with Gasteiger partial charge in [-0.3, -0.25) is 0 Å². The molecule has 1 aromatic rings. The van der Waals surface area contributed by atoms with E-state index < -0.39 is 5.97 Å². The molecule has 1 aliphatic carbocycles. The lowest BCUT2D eigenvalue weighted by Gasteiger charge is -2.32. The Labute approximate surface area is 128 Å². The zero-order valence-corrected chi connectivity index (χ0v) is 13.6. The molecule has 20 heavy (non-hydrogen) atoms. The number of carboxylic acid groups (broad SMARTS) is 1. The molecule has 0 saturated heterocycles. The van der Waals surface area contributed by atoms with Gasteiger partial charge >= 0.3 is 5.97 Å². The minimum atomic E-state index is -0.889. The Morgan fingerprint density at radius 2 is 2.10 bits per heavy atom. The minimum absolute atomic E-state index is 0.320. The molecule has 3 nitrogen and oxygen atoms in total. The molecule has 2 N–H and O–H groups in total. The molecule has 2 rings (SSSR count). The average molecular weight is 340 g/mol. The Balaban J connectivity index is 1.93. The molecule has 0 bridgehead atoms. The number of carboxylic acids is 1. The summed E-state index contributed by atoms with van der Waals surface area (Å²) in [6, 6.07) is 5.79. The normalized spacial score (nSPS) is 26.4. The summed E-state index contributed by atoms with van der Waals surface area (Å²) in [4.78, 5) is 10.9. The van der Waals surface area contributed by atoms with Crippen molar-refractivity contribution in [3.8, 4) is 0 Å². The third kappa shape index (κ3) is 3.83. The highest BCUT2D eigenvalue weighted by molar-refractivity contribution is 9.10. The number of aromatic carboxylic acids is 1. The fourth-order valence-corrected chi connectivity index (χ4v) is 3.33. The van der Waals surface area contributed by atoms with Gasteiger partial charge in [-0.25, -0.2) is 4.79 Å². The number of carbonyl (C=O) groups is 1. The second-order valence-corrected chi connectivity index (χ2v) is 6.81. The van der Waals surface area contributed by atoms with Crippen LogP contribution in [0.3, 0.4) is 0 Å². The van der Waals surface area contributed by atoms with E-state index in [1.54, 1.807) is 12.1 Å². The maximum Gasteiger partial charge on any atom is 0.335 e. The first-order valence-electron chi connectivity index (χ1n) is 7.22. The second-order valence-electron chi connectivity index (χ2n) is 5.96. The van der Waals surface area contributed by atoms with E-state index in [0.717, 1.165) is 28.4 Å². The molecule has 0 amide bonds. The topological polar surface area (TPSA) is 49.3 Å². The third-order valence-electron chi connectivity index (χ3n) is 4.48. The molecular weight excluding hydrogens is 318 g/mol. The van der Waals surface area contributed by atoms with Crippen molar-refractivity contribution in [3.05, 3.63) is 33.8 Å². The van der Waals surface area contributed by atoms with Crippen LogP contribution in [0.4, 0.5) is 0 Å². The molecule has 1 aromatic carbocycles. The van der Waals surface area contributed by atoms with E-state index in [2.05, 4.69) is 35.1 Å². The summed E-state index contributed by atoms with van der Waals surface area (Å²) in [5.74, 6) is 0.717. The standard InChI is InChI=1S/C16H22BrNO2/c1-10-3-6-14(7-11(10)2)18-9-13-5-4-12(16(19)20)8-15(13)17/h4-5,8,10-11,14,18H,3,6-7,9H2,1-2H3,(H,19,20). The van der Waals surface area contributed by atoms with Crippen LogP contribution in [0.15, 0.2) is 22.7 Å². The van der Waals surface area contributed by atoms with Crippen LogP contribution in [-0.2, 0) is 6.54 Å². The van der Waals surface area contributed by atoms with Crippen LogP contribution in [0, 0.1) is 11.8 Å². The lowest BCUT2D eigenvalue weighted by molar-refractivity contribution is 0.0697. The van der Waals surface area contributed by atoms with Crippen molar-refractivity contribution in [1.82, 2.24) is 5.32 Å². The van der Waals surface area contributed by atoms with Crippen molar-refractivity contribution < 1.29 is 9.90 Å². The van der Waals surface area contributed by atoms with Gasteiger partial charge in [-0.05, 0) is 48.8 Å². The molecule has 0 heterocycles. The maximum atomic E-state index is 10.9. The first-order chi connectivity index (χ1) is 9.47. The molecule has 3 unspecified atom stereocenters. The summed E-state index contributed by atoms with van der Waals surface area (Å²) >= 11 is 3.46. The van der Waals surface area contributed by atoms with E-state index >= 15 is 0 Å². The maximum absolute atomic E-state index is 10.9. The Hall–Kier alpha value is -0.870. The van der Waals surface area contributed by atoms with Crippen molar-refractivity contribution in [3.63, 3.8) is 0 Å². The summed E-state index contributed by atoms with van der Waals surface area (Å²) in [6.45, 7) is 5.45. The number of nitrogens with one attached hydrogen (secondary N) is 1. The smallest absolute Gasteiger partial charge is 0.335 e. The average Bonchev–Trinajstić information content (AvgIpc) is 2.41. The van der Waals surface area contributed by atoms with Gasteiger partial charge in [0.1, 0.15) is 0 Å². The van der Waals surface area contributed by atoms with Gasteiger partial charge in [0, 0.05) is 17.1 Å². The molecule has 1 aliphatic rings. The van der Waals surface area contributed by atoms with Crippen molar-refractivity contribution in [1.29, 1.82) is 0 Å². The van der Waals surface area contributed by atoms with E-state index in [0.29, 0.717) is 11.6 Å². The summed E-state index contributed by atoms with van der Waals surface area (Å²) in [5, 5.41) is 12.6. The molecule has 1 saturated carbocycles. The molecule has 1 fully saturated rings. The van der Waals surface area contributed by atoms with Gasteiger partial charge in [0.2, 0.25) is 0 Å². The summed E-state index contributed by atoms with van der Waals surface area (Å²) < 4.78 is 0.863. The molecule has 4 heteroatoms. The first kappa shape index (κ1) is 15.5. The summed E-state index contributed by atoms with van der Waals surface area (Å²) in [7, 11) is 0. The highest BCUT2D eigenvalue weighted by atomic mass is 79.9. The predicted octanol–water partition coefficient (Wildman–Crippen LogP) is 4.06. The fourth-order valence-electron chi connectivity index (χ4n) is 2.81. The number of rotatable bonds is 4. The highest BCUT2D eigenvalue weighted by Crippen LogP contribution is 2.29. The summed E-state index contributed by atoms with van der Waals surface area (Å²) in [6.07, 6.45) is 3.75. The molecule has 3 atom stereocenters. The van der Waals surface area contributed by atoms with Crippen molar-refractivity contribution >= 4 is 21.9 Å². The predicted molar refractivity (Wildman–Crippen MR) is 83.9 cm³/mol. The van der Waals surface area contributed by atoms with Gasteiger partial charge in [0.15, 0.2) is 0 Å². The van der Waals surface area contributed by atoms with Gasteiger partial charge in [-0.15, -0.1) is 0 Å². The van der Waals surface area contributed by atoms with Crippen molar-refractivity contribution in [2.75, 3.05) is 0 Å². The summed E-state index contributed by atoms with van der Waals surface area (Å²) in [5.41, 5.74) is 1.43. The van der Waals surface area contributed by atoms with Crippen LogP contribution in [0.25, 0.3) is 0 Å². The fraction of sp³-hybridized carbons (Fsp3) is 0.562. The Kier molecular flexibility index (Phi) is 5.22. The SMILES string of the molecule is CC1CCC(NCc2ccc(C(=O)O)cc2Br)CC1C. The minimum Gasteiger partial charge on any atom is -0.478 e. The lowest BCUT2D eigenvalue weighted by atomic mass is 9.79. The third-order valence-corrected chi connectivity index (χ3v) is 5.22. The van der Waals surface area contributed by atoms with Crippen LogP contribution in [0.5, 0.6) is 0 Å². The monoisotopic (exact) mass is 339 g/mol. The van der Waals surface area contributed by atoms with Gasteiger partial charge in [-0.1, -0.05) is 35.8 Å². The van der Waals surface area contributed by atoms with E-state index in [1.807, 2.05) is 6.07 Å². The molecule has 0 spiro atoms.